The summed E-state index contributed by atoms with van der Waals surface area (Å²) in [6.07, 6.45) is 2.65. The molecule has 0 aromatic carbocycles. The van der Waals surface area contributed by atoms with Crippen LogP contribution in [0.3, 0.4) is 0 Å². The second kappa shape index (κ2) is 4.73. The zero-order valence-corrected chi connectivity index (χ0v) is 8.63. The third-order valence-electron chi connectivity index (χ3n) is 3.17. The number of carboxylic acids is 1. The smallest absolute Gasteiger partial charge is 0.324 e. The lowest BCUT2D eigenvalue weighted by Crippen LogP contribution is -2.50. The van der Waals surface area contributed by atoms with E-state index in [2.05, 4.69) is 0 Å². The molecule has 0 aromatic rings. The van der Waals surface area contributed by atoms with E-state index in [0.717, 1.165) is 13.0 Å². The van der Waals surface area contributed by atoms with Gasteiger partial charge in [0, 0.05) is 6.54 Å². The highest BCUT2D eigenvalue weighted by atomic mass is 19.1. The zero-order valence-electron chi connectivity index (χ0n) is 8.63. The molecule has 0 aromatic heterocycles. The van der Waals surface area contributed by atoms with Gasteiger partial charge in [-0.1, -0.05) is 6.92 Å². The van der Waals surface area contributed by atoms with Crippen LogP contribution in [-0.4, -0.2) is 41.3 Å². The molecule has 0 bridgehead atoms. The second-order valence-corrected chi connectivity index (χ2v) is 3.82. The van der Waals surface area contributed by atoms with Crippen molar-refractivity contribution in [2.24, 2.45) is 0 Å². The van der Waals surface area contributed by atoms with Crippen molar-refractivity contribution in [3.05, 3.63) is 0 Å². The standard InChI is InChI=1S/C10H18FNO2/c1-2-10(9(13)14)5-3-7-12(10)8-4-6-11/h2-8H2,1H3,(H,13,14). The normalized spacial score (nSPS) is 28.1. The van der Waals surface area contributed by atoms with Crippen molar-refractivity contribution in [2.75, 3.05) is 19.8 Å². The van der Waals surface area contributed by atoms with E-state index in [1.54, 1.807) is 0 Å². The Morgan fingerprint density at radius 3 is 2.86 bits per heavy atom. The third-order valence-corrected chi connectivity index (χ3v) is 3.17. The zero-order chi connectivity index (χ0) is 10.6. The van der Waals surface area contributed by atoms with Gasteiger partial charge >= 0.3 is 5.97 Å². The Morgan fingerprint density at radius 2 is 2.36 bits per heavy atom. The summed E-state index contributed by atoms with van der Waals surface area (Å²) in [5, 5.41) is 9.20. The molecule has 1 aliphatic heterocycles. The second-order valence-electron chi connectivity index (χ2n) is 3.82. The summed E-state index contributed by atoms with van der Waals surface area (Å²) in [5.41, 5.74) is -0.713. The van der Waals surface area contributed by atoms with Crippen LogP contribution in [0.1, 0.15) is 32.6 Å². The van der Waals surface area contributed by atoms with Gasteiger partial charge in [-0.15, -0.1) is 0 Å². The highest BCUT2D eigenvalue weighted by Crippen LogP contribution is 2.32. The molecule has 1 aliphatic rings. The maximum absolute atomic E-state index is 12.0. The fourth-order valence-corrected chi connectivity index (χ4v) is 2.30. The van der Waals surface area contributed by atoms with Gasteiger partial charge < -0.3 is 5.11 Å². The quantitative estimate of drug-likeness (QED) is 0.739. The highest BCUT2D eigenvalue weighted by Gasteiger charge is 2.45. The van der Waals surface area contributed by atoms with Crippen molar-refractivity contribution in [1.82, 2.24) is 4.90 Å². The number of likely N-dealkylation sites (tertiary alicyclic amines) is 1. The molecule has 0 spiro atoms. The molecule has 0 aliphatic carbocycles. The SMILES string of the molecule is CCC1(C(=O)O)CCCN1CCCF. The molecular formula is C10H18FNO2. The molecule has 4 heteroatoms. The minimum Gasteiger partial charge on any atom is -0.480 e. The molecule has 1 fully saturated rings. The van der Waals surface area contributed by atoms with Gasteiger partial charge in [0.15, 0.2) is 0 Å². The van der Waals surface area contributed by atoms with E-state index < -0.39 is 11.5 Å². The maximum atomic E-state index is 12.0. The highest BCUT2D eigenvalue weighted by molar-refractivity contribution is 5.79. The first-order chi connectivity index (χ1) is 6.67. The Kier molecular flexibility index (Phi) is 3.86. The lowest BCUT2D eigenvalue weighted by atomic mass is 9.93. The van der Waals surface area contributed by atoms with Crippen molar-refractivity contribution in [3.63, 3.8) is 0 Å². The van der Waals surface area contributed by atoms with Crippen LogP contribution in [0.25, 0.3) is 0 Å². The van der Waals surface area contributed by atoms with Gasteiger partial charge in [0.25, 0.3) is 0 Å². The molecule has 1 unspecified atom stereocenters. The van der Waals surface area contributed by atoms with Crippen molar-refractivity contribution in [3.8, 4) is 0 Å². The summed E-state index contributed by atoms with van der Waals surface area (Å²) >= 11 is 0. The number of halogens is 1. The van der Waals surface area contributed by atoms with Gasteiger partial charge in [-0.25, -0.2) is 0 Å². The van der Waals surface area contributed by atoms with Gasteiger partial charge in [-0.05, 0) is 32.2 Å². The van der Waals surface area contributed by atoms with Crippen LogP contribution in [0.4, 0.5) is 4.39 Å². The number of rotatable bonds is 5. The van der Waals surface area contributed by atoms with Crippen molar-refractivity contribution < 1.29 is 14.3 Å². The van der Waals surface area contributed by atoms with Crippen LogP contribution >= 0.6 is 0 Å². The summed E-state index contributed by atoms with van der Waals surface area (Å²) in [6, 6.07) is 0. The first-order valence-corrected chi connectivity index (χ1v) is 5.22. The molecule has 1 rings (SSSR count). The van der Waals surface area contributed by atoms with Crippen LogP contribution < -0.4 is 0 Å². The largest absolute Gasteiger partial charge is 0.480 e. The van der Waals surface area contributed by atoms with Crippen LogP contribution in [0.2, 0.25) is 0 Å². The average Bonchev–Trinajstić information content (AvgIpc) is 2.58. The summed E-state index contributed by atoms with van der Waals surface area (Å²) in [4.78, 5) is 13.1. The molecule has 0 amide bonds. The minimum atomic E-state index is -0.753. The Morgan fingerprint density at radius 1 is 1.64 bits per heavy atom. The van der Waals surface area contributed by atoms with Gasteiger partial charge in [-0.3, -0.25) is 14.1 Å². The number of hydrogen-bond acceptors (Lipinski definition) is 2. The molecule has 1 N–H and O–H groups in total. The Hall–Kier alpha value is -0.640. The lowest BCUT2D eigenvalue weighted by molar-refractivity contribution is -0.150. The summed E-state index contributed by atoms with van der Waals surface area (Å²) in [5.74, 6) is -0.753. The number of carbonyl (C=O) groups is 1. The molecule has 0 radical (unpaired) electrons. The third kappa shape index (κ3) is 1.90. The topological polar surface area (TPSA) is 40.5 Å². The van der Waals surface area contributed by atoms with Crippen molar-refractivity contribution >= 4 is 5.97 Å². The summed E-state index contributed by atoms with van der Waals surface area (Å²) in [7, 11) is 0. The van der Waals surface area contributed by atoms with Gasteiger partial charge in [0.1, 0.15) is 5.54 Å². The van der Waals surface area contributed by atoms with Crippen LogP contribution in [0.5, 0.6) is 0 Å². The summed E-state index contributed by atoms with van der Waals surface area (Å²) in [6.45, 7) is 2.88. The molecule has 14 heavy (non-hydrogen) atoms. The van der Waals surface area contributed by atoms with Gasteiger partial charge in [0.05, 0.1) is 6.67 Å². The Bertz CT molecular complexity index is 210. The molecule has 1 atom stereocenters. The number of alkyl halides is 1. The fourth-order valence-electron chi connectivity index (χ4n) is 2.30. The summed E-state index contributed by atoms with van der Waals surface area (Å²) < 4.78 is 12.0. The van der Waals surface area contributed by atoms with E-state index in [9.17, 15) is 14.3 Å². The van der Waals surface area contributed by atoms with E-state index in [1.807, 2.05) is 11.8 Å². The average molecular weight is 203 g/mol. The molecule has 82 valence electrons. The van der Waals surface area contributed by atoms with E-state index in [1.165, 1.54) is 0 Å². The predicted octanol–water partition coefficient (Wildman–Crippen LogP) is 1.68. The monoisotopic (exact) mass is 203 g/mol. The van der Waals surface area contributed by atoms with E-state index >= 15 is 0 Å². The van der Waals surface area contributed by atoms with Crippen LogP contribution in [0, 0.1) is 0 Å². The maximum Gasteiger partial charge on any atom is 0.324 e. The minimum absolute atomic E-state index is 0.365. The van der Waals surface area contributed by atoms with Crippen molar-refractivity contribution in [2.45, 2.75) is 38.1 Å². The molecule has 1 saturated heterocycles. The fraction of sp³-hybridized carbons (Fsp3) is 0.900. The van der Waals surface area contributed by atoms with E-state index in [-0.39, 0.29) is 6.67 Å². The number of carboxylic acid groups (broad SMARTS) is 1. The molecule has 1 heterocycles. The van der Waals surface area contributed by atoms with E-state index in [0.29, 0.717) is 25.8 Å². The predicted molar refractivity (Wildman–Crippen MR) is 52.1 cm³/mol. The number of hydrogen-bond donors (Lipinski definition) is 1. The first-order valence-electron chi connectivity index (χ1n) is 5.22. The van der Waals surface area contributed by atoms with Crippen LogP contribution in [0.15, 0.2) is 0 Å². The lowest BCUT2D eigenvalue weighted by Gasteiger charge is -2.33. The van der Waals surface area contributed by atoms with Crippen molar-refractivity contribution in [1.29, 1.82) is 0 Å². The molecular weight excluding hydrogens is 185 g/mol. The van der Waals surface area contributed by atoms with E-state index in [4.69, 9.17) is 0 Å². The number of nitrogens with zero attached hydrogens (tertiary/aromatic N) is 1. The van der Waals surface area contributed by atoms with Gasteiger partial charge in [0.2, 0.25) is 0 Å². The molecule has 0 saturated carbocycles. The number of aliphatic carboxylic acids is 1. The Balaban J connectivity index is 2.67. The van der Waals surface area contributed by atoms with Gasteiger partial charge in [-0.2, -0.15) is 0 Å². The van der Waals surface area contributed by atoms with Crippen LogP contribution in [-0.2, 0) is 4.79 Å². The molecule has 3 nitrogen and oxygen atoms in total. The Labute approximate surface area is 83.9 Å². The first kappa shape index (κ1) is 11.4.